The molecule has 8 nitrogen and oxygen atoms in total. The van der Waals surface area contributed by atoms with E-state index in [0.29, 0.717) is 17.5 Å². The Hall–Kier alpha value is -3.07. The number of furan rings is 1. The molecule has 3 aromatic rings. The Morgan fingerprint density at radius 1 is 1.17 bits per heavy atom. The molecule has 2 aromatic heterocycles. The van der Waals surface area contributed by atoms with Crippen LogP contribution in [0.15, 0.2) is 46.2 Å². The number of carbonyl (C=O) groups is 2. The van der Waals surface area contributed by atoms with Gasteiger partial charge >= 0.3 is 0 Å². The van der Waals surface area contributed by atoms with Gasteiger partial charge in [-0.3, -0.25) is 9.59 Å². The number of aryl methyl sites for hydroxylation is 1. The van der Waals surface area contributed by atoms with E-state index in [4.69, 9.17) is 4.42 Å². The van der Waals surface area contributed by atoms with Crippen LogP contribution in [0.4, 0.5) is 5.69 Å². The molecule has 2 amide bonds. The Kier molecular flexibility index (Phi) is 6.71. The van der Waals surface area contributed by atoms with Crippen LogP contribution in [-0.2, 0) is 17.9 Å². The number of nitrogens with zero attached hydrogens (tertiary/aromatic N) is 3. The molecule has 0 unspecified atom stereocenters. The first-order chi connectivity index (χ1) is 14.0. The minimum Gasteiger partial charge on any atom is -0.459 e. The van der Waals surface area contributed by atoms with Crippen molar-refractivity contribution < 1.29 is 14.0 Å². The Morgan fingerprint density at radius 2 is 2.00 bits per heavy atom. The average Bonchev–Trinajstić information content (AvgIpc) is 3.37. The van der Waals surface area contributed by atoms with Crippen LogP contribution >= 0.6 is 11.8 Å². The summed E-state index contributed by atoms with van der Waals surface area (Å²) in [4.78, 5) is 24.4. The maximum atomic E-state index is 12.3. The zero-order valence-corrected chi connectivity index (χ0v) is 17.4. The van der Waals surface area contributed by atoms with Crippen molar-refractivity contribution in [2.45, 2.75) is 39.0 Å². The van der Waals surface area contributed by atoms with Crippen molar-refractivity contribution in [3.05, 3.63) is 59.3 Å². The SMILES string of the molecule is CCn1c(CNC(=O)c2ccco2)nnc1SCC(=O)Nc1cccc(C)c1C. The lowest BCUT2D eigenvalue weighted by molar-refractivity contribution is -0.113. The highest BCUT2D eigenvalue weighted by Crippen LogP contribution is 2.20. The van der Waals surface area contributed by atoms with Gasteiger partial charge in [-0.1, -0.05) is 23.9 Å². The van der Waals surface area contributed by atoms with Gasteiger partial charge in [0.15, 0.2) is 16.7 Å². The molecule has 0 fully saturated rings. The molecule has 0 aliphatic carbocycles. The van der Waals surface area contributed by atoms with Gasteiger partial charge in [0.1, 0.15) is 0 Å². The lowest BCUT2D eigenvalue weighted by Gasteiger charge is -2.10. The largest absolute Gasteiger partial charge is 0.459 e. The second-order valence-corrected chi connectivity index (χ2v) is 7.33. The molecule has 3 rings (SSSR count). The highest BCUT2D eigenvalue weighted by Gasteiger charge is 2.15. The highest BCUT2D eigenvalue weighted by molar-refractivity contribution is 7.99. The maximum Gasteiger partial charge on any atom is 0.287 e. The third-order valence-corrected chi connectivity index (χ3v) is 5.44. The van der Waals surface area contributed by atoms with Gasteiger partial charge in [0.25, 0.3) is 5.91 Å². The van der Waals surface area contributed by atoms with Crippen molar-refractivity contribution in [3.63, 3.8) is 0 Å². The number of amides is 2. The van der Waals surface area contributed by atoms with Crippen LogP contribution in [0.1, 0.15) is 34.4 Å². The number of hydrogen-bond donors (Lipinski definition) is 2. The molecule has 2 N–H and O–H groups in total. The summed E-state index contributed by atoms with van der Waals surface area (Å²) < 4.78 is 6.94. The molecule has 0 saturated carbocycles. The average molecular weight is 414 g/mol. The predicted molar refractivity (Wildman–Crippen MR) is 111 cm³/mol. The monoisotopic (exact) mass is 413 g/mol. The zero-order chi connectivity index (χ0) is 20.8. The first-order valence-electron chi connectivity index (χ1n) is 9.22. The van der Waals surface area contributed by atoms with E-state index in [9.17, 15) is 9.59 Å². The molecule has 0 radical (unpaired) electrons. The number of rotatable bonds is 8. The normalized spacial score (nSPS) is 10.7. The Bertz CT molecular complexity index is 998. The van der Waals surface area contributed by atoms with E-state index in [1.54, 1.807) is 12.1 Å². The Labute approximate surface area is 173 Å². The number of hydrogen-bond acceptors (Lipinski definition) is 6. The summed E-state index contributed by atoms with van der Waals surface area (Å²) in [7, 11) is 0. The molecule has 0 atom stereocenters. The van der Waals surface area contributed by atoms with Crippen molar-refractivity contribution >= 4 is 29.3 Å². The molecule has 9 heteroatoms. The number of aromatic nitrogens is 3. The van der Waals surface area contributed by atoms with Crippen LogP contribution in [0.5, 0.6) is 0 Å². The standard InChI is InChI=1S/C20H23N5O3S/c1-4-25-17(11-21-19(27)16-9-6-10-28-16)23-24-20(25)29-12-18(26)22-15-8-5-7-13(2)14(15)3/h5-10H,4,11-12H2,1-3H3,(H,21,27)(H,22,26). The van der Waals surface area contributed by atoms with E-state index < -0.39 is 0 Å². The molecule has 29 heavy (non-hydrogen) atoms. The van der Waals surface area contributed by atoms with Gasteiger partial charge in [-0.05, 0) is 50.1 Å². The smallest absolute Gasteiger partial charge is 0.287 e. The summed E-state index contributed by atoms with van der Waals surface area (Å²) in [5.41, 5.74) is 2.99. The summed E-state index contributed by atoms with van der Waals surface area (Å²) in [6, 6.07) is 9.06. The minimum atomic E-state index is -0.317. The molecule has 0 aliphatic heterocycles. The molecule has 0 aliphatic rings. The fourth-order valence-corrected chi connectivity index (χ4v) is 3.55. The van der Waals surface area contributed by atoms with Gasteiger partial charge in [-0.2, -0.15) is 0 Å². The molecule has 0 bridgehead atoms. The lowest BCUT2D eigenvalue weighted by atomic mass is 10.1. The number of anilines is 1. The first kappa shape index (κ1) is 20.7. The quantitative estimate of drug-likeness (QED) is 0.550. The minimum absolute atomic E-state index is 0.109. The van der Waals surface area contributed by atoms with Crippen LogP contribution in [0, 0.1) is 13.8 Å². The topological polar surface area (TPSA) is 102 Å². The number of carbonyl (C=O) groups excluding carboxylic acids is 2. The van der Waals surface area contributed by atoms with Crippen LogP contribution in [0.3, 0.4) is 0 Å². The van der Waals surface area contributed by atoms with Crippen LogP contribution in [0.2, 0.25) is 0 Å². The lowest BCUT2D eigenvalue weighted by Crippen LogP contribution is -2.24. The van der Waals surface area contributed by atoms with Gasteiger partial charge in [-0.25, -0.2) is 0 Å². The fraction of sp³-hybridized carbons (Fsp3) is 0.300. The molecular formula is C20H23N5O3S. The van der Waals surface area contributed by atoms with Crippen LogP contribution in [0.25, 0.3) is 0 Å². The van der Waals surface area contributed by atoms with Crippen molar-refractivity contribution in [1.29, 1.82) is 0 Å². The van der Waals surface area contributed by atoms with Gasteiger partial charge in [-0.15, -0.1) is 10.2 Å². The molecule has 0 saturated heterocycles. The van der Waals surface area contributed by atoms with Crippen LogP contribution < -0.4 is 10.6 Å². The third-order valence-electron chi connectivity index (χ3n) is 4.47. The summed E-state index contributed by atoms with van der Waals surface area (Å²) in [6.45, 7) is 6.79. The predicted octanol–water partition coefficient (Wildman–Crippen LogP) is 3.17. The van der Waals surface area contributed by atoms with E-state index in [1.807, 2.05) is 43.5 Å². The summed E-state index contributed by atoms with van der Waals surface area (Å²) >= 11 is 1.31. The molecule has 1 aromatic carbocycles. The number of thioether (sulfide) groups is 1. The molecule has 152 valence electrons. The van der Waals surface area contributed by atoms with E-state index in [0.717, 1.165) is 16.8 Å². The second kappa shape index (κ2) is 9.42. The first-order valence-corrected chi connectivity index (χ1v) is 10.2. The Balaban J connectivity index is 1.57. The Morgan fingerprint density at radius 3 is 2.72 bits per heavy atom. The van der Waals surface area contributed by atoms with Crippen molar-refractivity contribution in [3.8, 4) is 0 Å². The van der Waals surface area contributed by atoms with Gasteiger partial charge in [0.2, 0.25) is 5.91 Å². The number of benzene rings is 1. The third kappa shape index (κ3) is 5.05. The van der Waals surface area contributed by atoms with Gasteiger partial charge < -0.3 is 19.6 Å². The van der Waals surface area contributed by atoms with E-state index in [-0.39, 0.29) is 29.9 Å². The van der Waals surface area contributed by atoms with Gasteiger partial charge in [0, 0.05) is 12.2 Å². The van der Waals surface area contributed by atoms with Gasteiger partial charge in [0.05, 0.1) is 18.6 Å². The van der Waals surface area contributed by atoms with Crippen molar-refractivity contribution in [2.75, 3.05) is 11.1 Å². The number of nitrogens with one attached hydrogen (secondary N) is 2. The van der Waals surface area contributed by atoms with Crippen molar-refractivity contribution in [2.24, 2.45) is 0 Å². The second-order valence-electron chi connectivity index (χ2n) is 6.39. The highest BCUT2D eigenvalue weighted by atomic mass is 32.2. The molecule has 0 spiro atoms. The summed E-state index contributed by atoms with van der Waals surface area (Å²) in [5, 5.41) is 14.6. The van der Waals surface area contributed by atoms with E-state index >= 15 is 0 Å². The van der Waals surface area contributed by atoms with E-state index in [2.05, 4.69) is 20.8 Å². The molecular weight excluding hydrogens is 390 g/mol. The van der Waals surface area contributed by atoms with Crippen molar-refractivity contribution in [1.82, 2.24) is 20.1 Å². The summed E-state index contributed by atoms with van der Waals surface area (Å²) in [6.07, 6.45) is 1.45. The summed E-state index contributed by atoms with van der Waals surface area (Å²) in [5.74, 6) is 0.643. The van der Waals surface area contributed by atoms with Crippen LogP contribution in [-0.4, -0.2) is 32.3 Å². The zero-order valence-electron chi connectivity index (χ0n) is 16.6. The fourth-order valence-electron chi connectivity index (χ4n) is 2.73. The van der Waals surface area contributed by atoms with E-state index in [1.165, 1.54) is 18.0 Å². The molecule has 2 heterocycles. The maximum absolute atomic E-state index is 12.3.